The molecule has 0 unspecified atom stereocenters. The summed E-state index contributed by atoms with van der Waals surface area (Å²) in [6, 6.07) is 1.90. The van der Waals surface area contributed by atoms with Crippen molar-refractivity contribution in [2.24, 2.45) is 0 Å². The molecule has 1 aliphatic heterocycles. The Kier molecular flexibility index (Phi) is 5.04. The summed E-state index contributed by atoms with van der Waals surface area (Å²) in [5.74, 6) is 0.309. The Labute approximate surface area is 146 Å². The van der Waals surface area contributed by atoms with Crippen molar-refractivity contribution in [3.8, 4) is 5.88 Å². The molecule has 1 amide bonds. The second-order valence-electron chi connectivity index (χ2n) is 6.23. The van der Waals surface area contributed by atoms with Crippen LogP contribution in [0.15, 0.2) is 31.0 Å². The van der Waals surface area contributed by atoms with Gasteiger partial charge in [0.05, 0.1) is 24.0 Å². The van der Waals surface area contributed by atoms with Crippen molar-refractivity contribution in [2.45, 2.75) is 38.8 Å². The van der Waals surface area contributed by atoms with Crippen LogP contribution in [0.5, 0.6) is 5.88 Å². The van der Waals surface area contributed by atoms with Crippen LogP contribution in [0.2, 0.25) is 5.02 Å². The van der Waals surface area contributed by atoms with E-state index in [0.29, 0.717) is 23.0 Å². The zero-order valence-electron chi connectivity index (χ0n) is 13.9. The van der Waals surface area contributed by atoms with Gasteiger partial charge in [-0.25, -0.2) is 9.97 Å². The minimum absolute atomic E-state index is 0.0189. The molecule has 24 heavy (non-hydrogen) atoms. The highest BCUT2D eigenvalue weighted by Crippen LogP contribution is 2.26. The quantitative estimate of drug-likeness (QED) is 0.851. The lowest BCUT2D eigenvalue weighted by Crippen LogP contribution is -2.40. The Hall–Kier alpha value is -2.08. The first-order chi connectivity index (χ1) is 11.5. The fourth-order valence-electron chi connectivity index (χ4n) is 2.90. The van der Waals surface area contributed by atoms with Crippen LogP contribution in [0, 0.1) is 0 Å². The summed E-state index contributed by atoms with van der Waals surface area (Å²) in [6.45, 7) is 5.21. The second kappa shape index (κ2) is 7.21. The van der Waals surface area contributed by atoms with Gasteiger partial charge in [0.1, 0.15) is 5.02 Å². The Morgan fingerprint density at radius 3 is 2.96 bits per heavy atom. The molecule has 1 atom stereocenters. The third-order valence-electron chi connectivity index (χ3n) is 4.03. The molecular formula is C17H21ClN4O2. The molecule has 1 aliphatic rings. The smallest absolute Gasteiger partial charge is 0.255 e. The van der Waals surface area contributed by atoms with Gasteiger partial charge >= 0.3 is 0 Å². The van der Waals surface area contributed by atoms with Crippen molar-refractivity contribution in [2.75, 3.05) is 13.1 Å². The van der Waals surface area contributed by atoms with E-state index in [9.17, 15) is 4.79 Å². The molecule has 128 valence electrons. The van der Waals surface area contributed by atoms with Crippen LogP contribution in [0.3, 0.4) is 0 Å². The summed E-state index contributed by atoms with van der Waals surface area (Å²) in [5, 5.41) is 0.359. The normalized spacial score (nSPS) is 18.0. The number of ether oxygens (including phenoxy) is 1. The SMILES string of the molecule is CC(C)Oc1ncc(C(=O)N2CCC[C@H](n3ccnc3)C2)cc1Cl. The molecule has 0 aromatic carbocycles. The largest absolute Gasteiger partial charge is 0.474 e. The summed E-state index contributed by atoms with van der Waals surface area (Å²) in [7, 11) is 0. The van der Waals surface area contributed by atoms with Crippen molar-refractivity contribution < 1.29 is 9.53 Å². The number of nitrogens with zero attached hydrogens (tertiary/aromatic N) is 4. The fourth-order valence-corrected chi connectivity index (χ4v) is 3.11. The molecule has 6 nitrogen and oxygen atoms in total. The lowest BCUT2D eigenvalue weighted by atomic mass is 10.0. The van der Waals surface area contributed by atoms with E-state index in [2.05, 4.69) is 14.5 Å². The maximum Gasteiger partial charge on any atom is 0.255 e. The molecule has 0 radical (unpaired) electrons. The van der Waals surface area contributed by atoms with Crippen molar-refractivity contribution in [1.29, 1.82) is 0 Å². The minimum atomic E-state index is -0.0506. The number of carbonyl (C=O) groups is 1. The van der Waals surface area contributed by atoms with E-state index in [1.165, 1.54) is 6.20 Å². The predicted octanol–water partition coefficient (Wildman–Crippen LogP) is 3.20. The summed E-state index contributed by atoms with van der Waals surface area (Å²) >= 11 is 6.20. The Balaban J connectivity index is 1.72. The average molecular weight is 349 g/mol. The zero-order valence-corrected chi connectivity index (χ0v) is 14.6. The summed E-state index contributed by atoms with van der Waals surface area (Å²) in [6.07, 6.45) is 9.02. The minimum Gasteiger partial charge on any atom is -0.474 e. The van der Waals surface area contributed by atoms with Gasteiger partial charge in [-0.15, -0.1) is 0 Å². The summed E-state index contributed by atoms with van der Waals surface area (Å²) in [4.78, 5) is 22.9. The second-order valence-corrected chi connectivity index (χ2v) is 6.64. The van der Waals surface area contributed by atoms with E-state index >= 15 is 0 Å². The van der Waals surface area contributed by atoms with Crippen molar-refractivity contribution in [3.05, 3.63) is 41.6 Å². The molecule has 1 saturated heterocycles. The van der Waals surface area contributed by atoms with Gasteiger partial charge in [-0.05, 0) is 32.8 Å². The predicted molar refractivity (Wildman–Crippen MR) is 91.4 cm³/mol. The molecule has 3 rings (SSSR count). The van der Waals surface area contributed by atoms with E-state index in [4.69, 9.17) is 16.3 Å². The number of carbonyl (C=O) groups excluding carboxylic acids is 1. The number of rotatable bonds is 4. The van der Waals surface area contributed by atoms with Crippen molar-refractivity contribution in [3.63, 3.8) is 0 Å². The Morgan fingerprint density at radius 1 is 1.46 bits per heavy atom. The van der Waals surface area contributed by atoms with Gasteiger partial charge in [0.2, 0.25) is 5.88 Å². The van der Waals surface area contributed by atoms with Gasteiger partial charge in [-0.3, -0.25) is 4.79 Å². The first-order valence-corrected chi connectivity index (χ1v) is 8.51. The Bertz CT molecular complexity index is 703. The van der Waals surface area contributed by atoms with Crippen LogP contribution in [0.1, 0.15) is 43.1 Å². The van der Waals surface area contributed by atoms with Gasteiger partial charge in [0.15, 0.2) is 0 Å². The molecule has 7 heteroatoms. The number of aromatic nitrogens is 3. The van der Waals surface area contributed by atoms with Crippen LogP contribution < -0.4 is 4.74 Å². The third-order valence-corrected chi connectivity index (χ3v) is 4.30. The number of halogens is 1. The van der Waals surface area contributed by atoms with E-state index in [1.54, 1.807) is 18.6 Å². The molecule has 1 fully saturated rings. The maximum atomic E-state index is 12.8. The highest BCUT2D eigenvalue weighted by atomic mass is 35.5. The lowest BCUT2D eigenvalue weighted by Gasteiger charge is -2.33. The van der Waals surface area contributed by atoms with Crippen LogP contribution in [0.4, 0.5) is 0 Å². The number of pyridine rings is 1. The summed E-state index contributed by atoms with van der Waals surface area (Å²) in [5.41, 5.74) is 0.488. The standard InChI is InChI=1S/C17H21ClN4O2/c1-12(2)24-16-15(18)8-13(9-20-16)17(23)21-6-3-4-14(10-21)22-7-5-19-11-22/h5,7-9,11-12,14H,3-4,6,10H2,1-2H3/t14-/m0/s1. The van der Waals surface area contributed by atoms with E-state index in [-0.39, 0.29) is 18.1 Å². The molecule has 0 spiro atoms. The number of amides is 1. The topological polar surface area (TPSA) is 60.2 Å². The molecule has 0 saturated carbocycles. The third kappa shape index (κ3) is 3.70. The van der Waals surface area contributed by atoms with Gasteiger partial charge in [0.25, 0.3) is 5.91 Å². The number of likely N-dealkylation sites (tertiary alicyclic amines) is 1. The van der Waals surface area contributed by atoms with Crippen LogP contribution in [0.25, 0.3) is 0 Å². The first-order valence-electron chi connectivity index (χ1n) is 8.13. The van der Waals surface area contributed by atoms with Crippen LogP contribution in [-0.4, -0.2) is 44.5 Å². The highest BCUT2D eigenvalue weighted by Gasteiger charge is 2.26. The van der Waals surface area contributed by atoms with Crippen molar-refractivity contribution >= 4 is 17.5 Å². The molecular weight excluding hydrogens is 328 g/mol. The molecule has 3 heterocycles. The van der Waals surface area contributed by atoms with Crippen LogP contribution >= 0.6 is 11.6 Å². The number of hydrogen-bond acceptors (Lipinski definition) is 4. The lowest BCUT2D eigenvalue weighted by molar-refractivity contribution is 0.0679. The number of hydrogen-bond donors (Lipinski definition) is 0. The van der Waals surface area contributed by atoms with E-state index in [0.717, 1.165) is 19.4 Å². The van der Waals surface area contributed by atoms with Gasteiger partial charge in [-0.1, -0.05) is 11.6 Å². The molecule has 0 N–H and O–H groups in total. The first kappa shape index (κ1) is 16.8. The number of piperidine rings is 1. The van der Waals surface area contributed by atoms with Gasteiger partial charge in [0, 0.05) is 31.7 Å². The summed E-state index contributed by atoms with van der Waals surface area (Å²) < 4.78 is 7.57. The van der Waals surface area contributed by atoms with Gasteiger partial charge < -0.3 is 14.2 Å². The molecule has 0 bridgehead atoms. The molecule has 2 aromatic rings. The Morgan fingerprint density at radius 2 is 2.29 bits per heavy atom. The fraction of sp³-hybridized carbons (Fsp3) is 0.471. The van der Waals surface area contributed by atoms with E-state index in [1.807, 2.05) is 24.9 Å². The van der Waals surface area contributed by atoms with Crippen LogP contribution in [-0.2, 0) is 0 Å². The zero-order chi connectivity index (χ0) is 17.1. The highest BCUT2D eigenvalue weighted by molar-refractivity contribution is 6.32. The monoisotopic (exact) mass is 348 g/mol. The average Bonchev–Trinajstić information content (AvgIpc) is 3.10. The van der Waals surface area contributed by atoms with Gasteiger partial charge in [-0.2, -0.15) is 0 Å². The van der Waals surface area contributed by atoms with E-state index < -0.39 is 0 Å². The number of imidazole rings is 1. The molecule has 0 aliphatic carbocycles. The van der Waals surface area contributed by atoms with Crippen molar-refractivity contribution in [1.82, 2.24) is 19.4 Å². The molecule has 2 aromatic heterocycles. The maximum absolute atomic E-state index is 12.8.